The molecule has 0 radical (unpaired) electrons. The van der Waals surface area contributed by atoms with Crippen LogP contribution in [-0.4, -0.2) is 34.8 Å². The van der Waals surface area contributed by atoms with E-state index in [1.165, 1.54) is 19.3 Å². The molecule has 120 valence electrons. The first kappa shape index (κ1) is 15.9. The zero-order chi connectivity index (χ0) is 15.6. The number of carboxylic acid groups (broad SMARTS) is 1. The first-order valence-corrected chi connectivity index (χ1v) is 8.56. The molecule has 1 aromatic rings. The van der Waals surface area contributed by atoms with Crippen molar-refractivity contribution in [2.24, 2.45) is 0 Å². The van der Waals surface area contributed by atoms with Gasteiger partial charge in [0.05, 0.1) is 5.69 Å². The summed E-state index contributed by atoms with van der Waals surface area (Å²) in [4.78, 5) is 15.5. The molecule has 6 heteroatoms. The molecule has 2 N–H and O–H groups in total. The first-order valence-electron chi connectivity index (χ1n) is 7.77. The van der Waals surface area contributed by atoms with Crippen molar-refractivity contribution in [1.82, 2.24) is 10.3 Å². The lowest BCUT2D eigenvalue weighted by molar-refractivity contribution is -0.150. The molecule has 1 aliphatic heterocycles. The van der Waals surface area contributed by atoms with E-state index in [0.717, 1.165) is 29.4 Å². The van der Waals surface area contributed by atoms with Gasteiger partial charge in [-0.2, -0.15) is 0 Å². The van der Waals surface area contributed by atoms with Gasteiger partial charge < -0.3 is 15.2 Å². The average Bonchev–Trinajstić information content (AvgIpc) is 2.86. The van der Waals surface area contributed by atoms with E-state index in [9.17, 15) is 4.79 Å². The Morgan fingerprint density at radius 2 is 2.14 bits per heavy atom. The number of pyridine rings is 1. The Hall–Kier alpha value is -0.980. The molecule has 22 heavy (non-hydrogen) atoms. The van der Waals surface area contributed by atoms with E-state index in [0.29, 0.717) is 6.54 Å². The van der Waals surface area contributed by atoms with Crippen LogP contribution in [0.25, 0.3) is 0 Å². The van der Waals surface area contributed by atoms with Crippen LogP contribution in [0.5, 0.6) is 0 Å². The number of hydrogen-bond donors (Lipinski definition) is 2. The fraction of sp³-hybridized carbons (Fsp3) is 0.625. The Labute approximate surface area is 138 Å². The summed E-state index contributed by atoms with van der Waals surface area (Å²) in [5, 5.41) is 12.6. The summed E-state index contributed by atoms with van der Waals surface area (Å²) in [6.07, 6.45) is 8.51. The second kappa shape index (κ2) is 6.26. The van der Waals surface area contributed by atoms with Crippen molar-refractivity contribution in [2.45, 2.75) is 49.7 Å². The van der Waals surface area contributed by atoms with Gasteiger partial charge in [-0.05, 0) is 40.9 Å². The Balaban J connectivity index is 1.87. The van der Waals surface area contributed by atoms with E-state index in [2.05, 4.69) is 26.2 Å². The van der Waals surface area contributed by atoms with Gasteiger partial charge >= 0.3 is 5.97 Å². The molecule has 2 fully saturated rings. The fourth-order valence-corrected chi connectivity index (χ4v) is 4.02. The summed E-state index contributed by atoms with van der Waals surface area (Å²) < 4.78 is 6.77. The van der Waals surface area contributed by atoms with Gasteiger partial charge in [0, 0.05) is 29.2 Å². The first-order chi connectivity index (χ1) is 10.5. The number of aliphatic carboxylic acids is 1. The molecule has 0 bridgehead atoms. The Morgan fingerprint density at radius 3 is 2.77 bits per heavy atom. The molecule has 1 aliphatic carbocycles. The van der Waals surface area contributed by atoms with Crippen molar-refractivity contribution < 1.29 is 14.6 Å². The molecule has 2 heterocycles. The van der Waals surface area contributed by atoms with Crippen LogP contribution in [0.15, 0.2) is 22.8 Å². The SMILES string of the molecule is O=C(O)COC1(c2ccc(Br)cn2)CNC2(CCCCC2)C1. The number of hydrogen-bond acceptors (Lipinski definition) is 4. The van der Waals surface area contributed by atoms with Gasteiger partial charge in [-0.15, -0.1) is 0 Å². The van der Waals surface area contributed by atoms with Crippen LogP contribution < -0.4 is 5.32 Å². The van der Waals surface area contributed by atoms with E-state index in [-0.39, 0.29) is 12.1 Å². The van der Waals surface area contributed by atoms with Crippen LogP contribution >= 0.6 is 15.9 Å². The molecule has 1 atom stereocenters. The van der Waals surface area contributed by atoms with Crippen LogP contribution in [0.4, 0.5) is 0 Å². The van der Waals surface area contributed by atoms with Crippen LogP contribution in [-0.2, 0) is 15.1 Å². The van der Waals surface area contributed by atoms with E-state index in [1.54, 1.807) is 6.20 Å². The predicted molar refractivity (Wildman–Crippen MR) is 85.6 cm³/mol. The third-order valence-electron chi connectivity index (χ3n) is 4.85. The van der Waals surface area contributed by atoms with Gasteiger partial charge in [-0.25, -0.2) is 4.79 Å². The Bertz CT molecular complexity index is 543. The van der Waals surface area contributed by atoms with Crippen molar-refractivity contribution >= 4 is 21.9 Å². The zero-order valence-corrected chi connectivity index (χ0v) is 14.1. The van der Waals surface area contributed by atoms with Crippen molar-refractivity contribution in [2.75, 3.05) is 13.2 Å². The molecular weight excluding hydrogens is 348 g/mol. The van der Waals surface area contributed by atoms with Crippen LogP contribution in [0.3, 0.4) is 0 Å². The molecule has 1 spiro atoms. The van der Waals surface area contributed by atoms with Crippen LogP contribution in [0.2, 0.25) is 0 Å². The normalized spacial score (nSPS) is 27.1. The number of aromatic nitrogens is 1. The number of ether oxygens (including phenoxy) is 1. The maximum atomic E-state index is 11.0. The number of rotatable bonds is 4. The van der Waals surface area contributed by atoms with E-state index in [4.69, 9.17) is 9.84 Å². The van der Waals surface area contributed by atoms with Crippen molar-refractivity contribution in [3.05, 3.63) is 28.5 Å². The number of halogens is 1. The maximum Gasteiger partial charge on any atom is 0.329 e. The average molecular weight is 369 g/mol. The monoisotopic (exact) mass is 368 g/mol. The smallest absolute Gasteiger partial charge is 0.329 e. The van der Waals surface area contributed by atoms with Crippen LogP contribution in [0.1, 0.15) is 44.2 Å². The van der Waals surface area contributed by atoms with Gasteiger partial charge in [-0.1, -0.05) is 19.3 Å². The fourth-order valence-electron chi connectivity index (χ4n) is 3.79. The number of nitrogens with one attached hydrogen (secondary N) is 1. The topological polar surface area (TPSA) is 71.5 Å². The standard InChI is InChI=1S/C16H21BrN2O3/c17-12-4-5-13(18-8-12)16(22-9-14(20)21)10-15(19-11-16)6-2-1-3-7-15/h4-5,8,19H,1-3,6-7,9-11H2,(H,20,21). The summed E-state index contributed by atoms with van der Waals surface area (Å²) in [5.74, 6) is -0.943. The van der Waals surface area contributed by atoms with Crippen molar-refractivity contribution in [3.63, 3.8) is 0 Å². The summed E-state index contributed by atoms with van der Waals surface area (Å²) in [5.41, 5.74) is 0.244. The molecule has 1 aromatic heterocycles. The molecule has 0 aromatic carbocycles. The van der Waals surface area contributed by atoms with Gasteiger partial charge in [0.2, 0.25) is 0 Å². The Morgan fingerprint density at radius 1 is 1.36 bits per heavy atom. The molecule has 5 nitrogen and oxygen atoms in total. The summed E-state index contributed by atoms with van der Waals surface area (Å²) >= 11 is 3.39. The number of carboxylic acids is 1. The van der Waals surface area contributed by atoms with Gasteiger partial charge in [0.15, 0.2) is 0 Å². The van der Waals surface area contributed by atoms with Gasteiger partial charge in [0.25, 0.3) is 0 Å². The molecule has 1 unspecified atom stereocenters. The summed E-state index contributed by atoms with van der Waals surface area (Å²) in [6.45, 7) is 0.324. The minimum Gasteiger partial charge on any atom is -0.480 e. The molecule has 3 rings (SSSR count). The highest BCUT2D eigenvalue weighted by Gasteiger charge is 2.51. The highest BCUT2D eigenvalue weighted by atomic mass is 79.9. The minimum atomic E-state index is -0.943. The highest BCUT2D eigenvalue weighted by molar-refractivity contribution is 9.10. The second-order valence-electron chi connectivity index (χ2n) is 6.41. The van der Waals surface area contributed by atoms with E-state index in [1.807, 2.05) is 12.1 Å². The summed E-state index contributed by atoms with van der Waals surface area (Å²) in [6, 6.07) is 3.86. The predicted octanol–water partition coefficient (Wildman–Crippen LogP) is 2.84. The number of carbonyl (C=O) groups is 1. The maximum absolute atomic E-state index is 11.0. The third-order valence-corrected chi connectivity index (χ3v) is 5.32. The molecular formula is C16H21BrN2O3. The molecule has 1 saturated heterocycles. The molecule has 0 amide bonds. The van der Waals surface area contributed by atoms with Gasteiger partial charge in [-0.3, -0.25) is 4.98 Å². The molecule has 1 saturated carbocycles. The zero-order valence-electron chi connectivity index (χ0n) is 12.5. The number of nitrogens with zero attached hydrogens (tertiary/aromatic N) is 1. The third kappa shape index (κ3) is 3.19. The van der Waals surface area contributed by atoms with E-state index >= 15 is 0 Å². The van der Waals surface area contributed by atoms with Crippen molar-refractivity contribution in [1.29, 1.82) is 0 Å². The lowest BCUT2D eigenvalue weighted by atomic mass is 9.77. The van der Waals surface area contributed by atoms with E-state index < -0.39 is 11.6 Å². The molecule has 2 aliphatic rings. The van der Waals surface area contributed by atoms with Crippen LogP contribution in [0, 0.1) is 0 Å². The lowest BCUT2D eigenvalue weighted by Crippen LogP contribution is -2.41. The minimum absolute atomic E-state index is 0.0749. The quantitative estimate of drug-likeness (QED) is 0.854. The summed E-state index contributed by atoms with van der Waals surface area (Å²) in [7, 11) is 0. The lowest BCUT2D eigenvalue weighted by Gasteiger charge is -2.35. The Kier molecular flexibility index (Phi) is 4.52. The highest BCUT2D eigenvalue weighted by Crippen LogP contribution is 2.45. The van der Waals surface area contributed by atoms with Gasteiger partial charge in [0.1, 0.15) is 12.2 Å². The second-order valence-corrected chi connectivity index (χ2v) is 7.33. The largest absolute Gasteiger partial charge is 0.480 e. The van der Waals surface area contributed by atoms with Crippen molar-refractivity contribution in [3.8, 4) is 0 Å².